The van der Waals surface area contributed by atoms with E-state index in [2.05, 4.69) is 5.32 Å². The minimum Gasteiger partial charge on any atom is -0.445 e. The van der Waals surface area contributed by atoms with E-state index in [4.69, 9.17) is 4.74 Å². The smallest absolute Gasteiger partial charge is 0.407 e. The Morgan fingerprint density at radius 1 is 1.27 bits per heavy atom. The lowest BCUT2D eigenvalue weighted by atomic mass is 10.1. The summed E-state index contributed by atoms with van der Waals surface area (Å²) in [6.45, 7) is 2.43. The van der Waals surface area contributed by atoms with Crippen molar-refractivity contribution in [3.63, 3.8) is 0 Å². The second kappa shape index (κ2) is 9.62. The zero-order chi connectivity index (χ0) is 16.4. The number of rotatable bonds is 9. The summed E-state index contributed by atoms with van der Waals surface area (Å²) < 4.78 is 16.3. The summed E-state index contributed by atoms with van der Waals surface area (Å²) in [6, 6.07) is 9.35. The standard InChI is InChI=1S/C15H24NO5P/c1-2-7-14(22(18,19)20)10-6-11-16-15(17)21-12-13-8-4-3-5-9-13/h3-5,8-9,14H,2,6-7,10-12H2,1H3,(H,16,17)(H2,18,19,20). The summed E-state index contributed by atoms with van der Waals surface area (Å²) in [6.07, 6.45) is 1.59. The van der Waals surface area contributed by atoms with Crippen LogP contribution in [0.5, 0.6) is 0 Å². The highest BCUT2D eigenvalue weighted by Crippen LogP contribution is 2.45. The molecule has 0 aromatic heterocycles. The summed E-state index contributed by atoms with van der Waals surface area (Å²) in [4.78, 5) is 29.9. The highest BCUT2D eigenvalue weighted by atomic mass is 31.2. The van der Waals surface area contributed by atoms with Gasteiger partial charge in [-0.15, -0.1) is 0 Å². The first-order chi connectivity index (χ1) is 10.4. The topological polar surface area (TPSA) is 95.9 Å². The minimum atomic E-state index is -4.05. The summed E-state index contributed by atoms with van der Waals surface area (Å²) >= 11 is 0. The number of hydrogen-bond donors (Lipinski definition) is 3. The lowest BCUT2D eigenvalue weighted by Gasteiger charge is -2.17. The minimum absolute atomic E-state index is 0.202. The van der Waals surface area contributed by atoms with Gasteiger partial charge >= 0.3 is 13.7 Å². The van der Waals surface area contributed by atoms with Crippen molar-refractivity contribution >= 4 is 13.7 Å². The molecular weight excluding hydrogens is 305 g/mol. The number of ether oxygens (including phenoxy) is 1. The number of amides is 1. The molecule has 7 heteroatoms. The van der Waals surface area contributed by atoms with Crippen molar-refractivity contribution < 1.29 is 23.9 Å². The van der Waals surface area contributed by atoms with Crippen LogP contribution >= 0.6 is 7.60 Å². The fraction of sp³-hybridized carbons (Fsp3) is 0.533. The van der Waals surface area contributed by atoms with Gasteiger partial charge in [0.2, 0.25) is 0 Å². The Morgan fingerprint density at radius 2 is 1.95 bits per heavy atom. The van der Waals surface area contributed by atoms with Crippen LogP contribution in [0.1, 0.15) is 38.2 Å². The van der Waals surface area contributed by atoms with Gasteiger partial charge in [-0.3, -0.25) is 4.57 Å². The average molecular weight is 329 g/mol. The maximum absolute atomic E-state index is 11.5. The monoisotopic (exact) mass is 329 g/mol. The first-order valence-electron chi connectivity index (χ1n) is 7.43. The van der Waals surface area contributed by atoms with Gasteiger partial charge in [0.05, 0.1) is 5.66 Å². The van der Waals surface area contributed by atoms with Gasteiger partial charge in [0, 0.05) is 6.54 Å². The normalized spacial score (nSPS) is 12.7. The maximum atomic E-state index is 11.5. The van der Waals surface area contributed by atoms with Crippen LogP contribution in [-0.4, -0.2) is 28.1 Å². The van der Waals surface area contributed by atoms with Crippen molar-refractivity contribution in [3.05, 3.63) is 35.9 Å². The highest BCUT2D eigenvalue weighted by Gasteiger charge is 2.26. The van der Waals surface area contributed by atoms with Gasteiger partial charge in [-0.25, -0.2) is 4.79 Å². The molecule has 0 aliphatic carbocycles. The van der Waals surface area contributed by atoms with Crippen molar-refractivity contribution in [1.82, 2.24) is 5.32 Å². The Kier molecular flexibility index (Phi) is 8.17. The van der Waals surface area contributed by atoms with E-state index >= 15 is 0 Å². The van der Waals surface area contributed by atoms with Gasteiger partial charge < -0.3 is 19.8 Å². The van der Waals surface area contributed by atoms with Gasteiger partial charge in [0.15, 0.2) is 0 Å². The van der Waals surface area contributed by atoms with Crippen molar-refractivity contribution in [2.75, 3.05) is 6.54 Å². The molecule has 0 aliphatic heterocycles. The quantitative estimate of drug-likeness (QED) is 0.478. The molecule has 0 heterocycles. The van der Waals surface area contributed by atoms with E-state index in [9.17, 15) is 19.1 Å². The predicted molar refractivity (Wildman–Crippen MR) is 84.6 cm³/mol. The Balaban J connectivity index is 2.20. The number of alkyl carbamates (subject to hydrolysis) is 1. The van der Waals surface area contributed by atoms with Gasteiger partial charge in [0.1, 0.15) is 6.61 Å². The van der Waals surface area contributed by atoms with Gasteiger partial charge in [0.25, 0.3) is 0 Å². The summed E-state index contributed by atoms with van der Waals surface area (Å²) in [5.41, 5.74) is 0.279. The van der Waals surface area contributed by atoms with E-state index in [0.29, 0.717) is 25.8 Å². The molecule has 3 N–H and O–H groups in total. The molecule has 22 heavy (non-hydrogen) atoms. The fourth-order valence-electron chi connectivity index (χ4n) is 2.12. The largest absolute Gasteiger partial charge is 0.445 e. The molecule has 1 unspecified atom stereocenters. The molecule has 1 rings (SSSR count). The van der Waals surface area contributed by atoms with E-state index in [1.165, 1.54) is 0 Å². The van der Waals surface area contributed by atoms with Gasteiger partial charge in [-0.1, -0.05) is 43.7 Å². The predicted octanol–water partition coefficient (Wildman–Crippen LogP) is 3.04. The maximum Gasteiger partial charge on any atom is 0.407 e. The van der Waals surface area contributed by atoms with Crippen molar-refractivity contribution in [2.45, 2.75) is 44.9 Å². The molecule has 0 fully saturated rings. The SMILES string of the molecule is CCCC(CCCNC(=O)OCc1ccccc1)P(=O)(O)O. The Hall–Kier alpha value is -1.36. The van der Waals surface area contributed by atoms with Gasteiger partial charge in [-0.2, -0.15) is 0 Å². The molecule has 1 aromatic carbocycles. The van der Waals surface area contributed by atoms with E-state index in [-0.39, 0.29) is 6.61 Å². The van der Waals surface area contributed by atoms with Crippen LogP contribution in [0, 0.1) is 0 Å². The molecule has 1 atom stereocenters. The zero-order valence-corrected chi connectivity index (χ0v) is 13.7. The third-order valence-corrected chi connectivity index (χ3v) is 4.76. The Labute approximate surface area is 131 Å². The fourth-order valence-corrected chi connectivity index (χ4v) is 3.23. The summed E-state index contributed by atoms with van der Waals surface area (Å²) in [5, 5.41) is 2.59. The number of carbonyl (C=O) groups excluding carboxylic acids is 1. The molecule has 0 saturated carbocycles. The molecule has 6 nitrogen and oxygen atoms in total. The highest BCUT2D eigenvalue weighted by molar-refractivity contribution is 7.52. The van der Waals surface area contributed by atoms with Crippen LogP contribution < -0.4 is 5.32 Å². The second-order valence-electron chi connectivity index (χ2n) is 5.16. The summed E-state index contributed by atoms with van der Waals surface area (Å²) in [7, 11) is -4.05. The number of hydrogen-bond acceptors (Lipinski definition) is 3. The molecule has 0 radical (unpaired) electrons. The lowest BCUT2D eigenvalue weighted by Crippen LogP contribution is -2.26. The van der Waals surface area contributed by atoms with E-state index < -0.39 is 19.3 Å². The van der Waals surface area contributed by atoms with Crippen LogP contribution in [0.3, 0.4) is 0 Å². The molecule has 0 spiro atoms. The second-order valence-corrected chi connectivity index (χ2v) is 7.07. The van der Waals surface area contributed by atoms with E-state index in [0.717, 1.165) is 12.0 Å². The molecule has 124 valence electrons. The third-order valence-electron chi connectivity index (χ3n) is 3.29. The van der Waals surface area contributed by atoms with E-state index in [1.54, 1.807) is 0 Å². The van der Waals surface area contributed by atoms with Crippen LogP contribution in [0.25, 0.3) is 0 Å². The molecule has 0 saturated heterocycles. The average Bonchev–Trinajstić information content (AvgIpc) is 2.48. The Morgan fingerprint density at radius 3 is 2.55 bits per heavy atom. The first kappa shape index (κ1) is 18.7. The molecule has 0 aliphatic rings. The lowest BCUT2D eigenvalue weighted by molar-refractivity contribution is 0.139. The molecule has 0 bridgehead atoms. The first-order valence-corrected chi connectivity index (χ1v) is 9.11. The summed E-state index contributed by atoms with van der Waals surface area (Å²) in [5.74, 6) is 0. The van der Waals surface area contributed by atoms with E-state index in [1.807, 2.05) is 37.3 Å². The van der Waals surface area contributed by atoms with Gasteiger partial charge in [-0.05, 0) is 24.8 Å². The van der Waals surface area contributed by atoms with Crippen molar-refractivity contribution in [1.29, 1.82) is 0 Å². The van der Waals surface area contributed by atoms with Crippen LogP contribution in [0.15, 0.2) is 30.3 Å². The Bertz CT molecular complexity index is 488. The molecule has 1 amide bonds. The number of carbonyl (C=O) groups is 1. The van der Waals surface area contributed by atoms with Crippen LogP contribution in [0.4, 0.5) is 4.79 Å². The van der Waals surface area contributed by atoms with Crippen LogP contribution in [-0.2, 0) is 15.9 Å². The van der Waals surface area contributed by atoms with Crippen molar-refractivity contribution in [2.24, 2.45) is 0 Å². The third kappa shape index (κ3) is 7.59. The molecule has 1 aromatic rings. The van der Waals surface area contributed by atoms with Crippen LogP contribution in [0.2, 0.25) is 0 Å². The van der Waals surface area contributed by atoms with Crippen molar-refractivity contribution in [3.8, 4) is 0 Å². The zero-order valence-electron chi connectivity index (χ0n) is 12.8. The molecular formula is C15H24NO5P. The number of benzene rings is 1. The number of nitrogens with one attached hydrogen (secondary N) is 1.